The first kappa shape index (κ1) is 21.2. The lowest BCUT2D eigenvalue weighted by atomic mass is 10.1. The maximum Gasteiger partial charge on any atom is 0.158 e. The van der Waals surface area contributed by atoms with E-state index in [0.717, 1.165) is 24.4 Å². The summed E-state index contributed by atoms with van der Waals surface area (Å²) in [5, 5.41) is 23.5. The molecule has 0 radical (unpaired) electrons. The molecule has 1 aromatic carbocycles. The van der Waals surface area contributed by atoms with Crippen LogP contribution in [0.1, 0.15) is 5.69 Å². The highest BCUT2D eigenvalue weighted by molar-refractivity contribution is 8.00. The van der Waals surface area contributed by atoms with Crippen molar-refractivity contribution in [2.45, 2.75) is 5.25 Å². The van der Waals surface area contributed by atoms with E-state index >= 15 is 0 Å². The van der Waals surface area contributed by atoms with Crippen LogP contribution >= 0.6 is 23.4 Å². The Labute approximate surface area is 188 Å². The Hall–Kier alpha value is -3.00. The van der Waals surface area contributed by atoms with E-state index in [9.17, 15) is 0 Å². The van der Waals surface area contributed by atoms with Crippen LogP contribution in [-0.2, 0) is 0 Å². The zero-order valence-electron chi connectivity index (χ0n) is 16.7. The highest BCUT2D eigenvalue weighted by Crippen LogP contribution is 2.41. The number of rotatable bonds is 7. The summed E-state index contributed by atoms with van der Waals surface area (Å²) in [6.45, 7) is 2.47. The van der Waals surface area contributed by atoms with Gasteiger partial charge in [-0.2, -0.15) is 22.1 Å². The fourth-order valence-corrected chi connectivity index (χ4v) is 4.30. The average molecular weight is 458 g/mol. The first-order valence-electron chi connectivity index (χ1n) is 9.54. The molecule has 0 spiro atoms. The van der Waals surface area contributed by atoms with Crippen LogP contribution in [0.2, 0.25) is 5.02 Å². The molecule has 1 aliphatic rings. The molecule has 1 fully saturated rings. The van der Waals surface area contributed by atoms with Gasteiger partial charge in [-0.1, -0.05) is 11.6 Å². The average Bonchev–Trinajstić information content (AvgIpc) is 3.26. The second-order valence-electron chi connectivity index (χ2n) is 6.68. The van der Waals surface area contributed by atoms with E-state index in [1.54, 1.807) is 19.2 Å². The molecule has 31 heavy (non-hydrogen) atoms. The minimum absolute atomic E-state index is 0.243. The minimum Gasteiger partial charge on any atom is -0.496 e. The van der Waals surface area contributed by atoms with Gasteiger partial charge in [0.15, 0.2) is 11.5 Å². The Morgan fingerprint density at radius 2 is 2.13 bits per heavy atom. The minimum atomic E-state index is 0.243. The van der Waals surface area contributed by atoms with E-state index in [2.05, 4.69) is 30.8 Å². The van der Waals surface area contributed by atoms with Crippen LogP contribution in [-0.4, -0.2) is 58.0 Å². The lowest BCUT2D eigenvalue weighted by Crippen LogP contribution is -2.36. The van der Waals surface area contributed by atoms with Crippen molar-refractivity contribution in [1.29, 1.82) is 5.26 Å². The van der Waals surface area contributed by atoms with Gasteiger partial charge in [0.05, 0.1) is 36.0 Å². The molecule has 0 unspecified atom stereocenters. The van der Waals surface area contributed by atoms with Crippen LogP contribution in [0.15, 0.2) is 30.6 Å². The Morgan fingerprint density at radius 3 is 2.84 bits per heavy atom. The lowest BCUT2D eigenvalue weighted by Gasteiger charge is -2.23. The molecule has 0 aliphatic carbocycles. The van der Waals surface area contributed by atoms with Crippen LogP contribution in [0.3, 0.4) is 0 Å². The Kier molecular flexibility index (Phi) is 6.76. The van der Waals surface area contributed by atoms with Crippen molar-refractivity contribution in [3.63, 3.8) is 0 Å². The van der Waals surface area contributed by atoms with E-state index in [0.29, 0.717) is 45.7 Å². The lowest BCUT2D eigenvalue weighted by molar-refractivity contribution is 0.311. The van der Waals surface area contributed by atoms with Crippen molar-refractivity contribution in [1.82, 2.24) is 25.5 Å². The van der Waals surface area contributed by atoms with Crippen LogP contribution < -0.4 is 20.1 Å². The highest BCUT2D eigenvalue weighted by Gasteiger charge is 2.20. The van der Waals surface area contributed by atoms with E-state index < -0.39 is 0 Å². The second-order valence-corrected chi connectivity index (χ2v) is 8.52. The maximum absolute atomic E-state index is 8.84. The maximum atomic E-state index is 8.84. The molecule has 9 nitrogen and oxygen atoms in total. The highest BCUT2D eigenvalue weighted by atomic mass is 35.5. The van der Waals surface area contributed by atoms with Crippen molar-refractivity contribution in [3.05, 3.63) is 41.3 Å². The van der Waals surface area contributed by atoms with Crippen molar-refractivity contribution in [2.75, 3.05) is 37.9 Å². The van der Waals surface area contributed by atoms with E-state index in [1.165, 1.54) is 12.4 Å². The van der Waals surface area contributed by atoms with Crippen LogP contribution in [0.4, 0.5) is 11.6 Å². The van der Waals surface area contributed by atoms with E-state index in [-0.39, 0.29) is 5.69 Å². The monoisotopic (exact) mass is 457 g/mol. The fraction of sp³-hybridized carbons (Fsp3) is 0.300. The summed E-state index contributed by atoms with van der Waals surface area (Å²) in [5.41, 5.74) is 1.67. The van der Waals surface area contributed by atoms with Gasteiger partial charge >= 0.3 is 0 Å². The van der Waals surface area contributed by atoms with Gasteiger partial charge in [-0.25, -0.2) is 9.97 Å². The largest absolute Gasteiger partial charge is 0.496 e. The summed E-state index contributed by atoms with van der Waals surface area (Å²) in [5.74, 6) is 3.25. The molecule has 0 amide bonds. The fourth-order valence-electron chi connectivity index (χ4n) is 3.10. The molecule has 0 bridgehead atoms. The van der Waals surface area contributed by atoms with Gasteiger partial charge in [-0.3, -0.25) is 5.10 Å². The number of nitrogens with zero attached hydrogens (tertiary/aromatic N) is 4. The molecule has 1 saturated heterocycles. The molecule has 0 saturated carbocycles. The van der Waals surface area contributed by atoms with E-state index in [4.69, 9.17) is 26.3 Å². The summed E-state index contributed by atoms with van der Waals surface area (Å²) >= 11 is 8.18. The number of benzene rings is 1. The third-order valence-electron chi connectivity index (χ3n) is 4.55. The van der Waals surface area contributed by atoms with Gasteiger partial charge in [0.2, 0.25) is 0 Å². The molecule has 2 aromatic heterocycles. The van der Waals surface area contributed by atoms with Gasteiger partial charge in [0, 0.05) is 29.9 Å². The molecular weight excluding hydrogens is 438 g/mol. The zero-order valence-corrected chi connectivity index (χ0v) is 18.3. The third-order valence-corrected chi connectivity index (χ3v) is 5.98. The number of H-pyrrole nitrogens is 1. The summed E-state index contributed by atoms with van der Waals surface area (Å²) in [7, 11) is 1.59. The standard InChI is InChI=1S/C20H20ClN7O2S/c1-29-16-4-12(21)5-17(30-11-14-9-23-2-3-31-14)20(16)15-6-18(28-27-15)26-19-10-24-13(7-22)8-25-19/h4-6,8,10,14,23H,2-3,9,11H2,1H3,(H2,25,26,27,28)/t14-/m0/s1. The summed E-state index contributed by atoms with van der Waals surface area (Å²) in [6.07, 6.45) is 2.86. The molecule has 3 N–H and O–H groups in total. The van der Waals surface area contributed by atoms with Crippen LogP contribution in [0, 0.1) is 11.3 Å². The van der Waals surface area contributed by atoms with Crippen molar-refractivity contribution in [3.8, 4) is 28.8 Å². The molecule has 4 rings (SSSR count). The molecule has 1 aliphatic heterocycles. The summed E-state index contributed by atoms with van der Waals surface area (Å²) in [4.78, 5) is 8.14. The van der Waals surface area contributed by atoms with Gasteiger partial charge in [-0.15, -0.1) is 0 Å². The Morgan fingerprint density at radius 1 is 1.26 bits per heavy atom. The number of halogens is 1. The number of hydrogen-bond donors (Lipinski definition) is 3. The number of nitrogens with one attached hydrogen (secondary N) is 3. The number of thioether (sulfide) groups is 1. The van der Waals surface area contributed by atoms with Crippen LogP contribution in [0.25, 0.3) is 11.3 Å². The molecule has 3 aromatic rings. The number of hydrogen-bond acceptors (Lipinski definition) is 9. The van der Waals surface area contributed by atoms with Gasteiger partial charge in [-0.05, 0) is 12.1 Å². The van der Waals surface area contributed by atoms with Gasteiger partial charge < -0.3 is 20.1 Å². The first-order chi connectivity index (χ1) is 15.2. The Balaban J connectivity index is 1.58. The third kappa shape index (κ3) is 5.19. The Bertz CT molecular complexity index is 1080. The number of aromatic nitrogens is 4. The smallest absolute Gasteiger partial charge is 0.158 e. The number of anilines is 2. The topological polar surface area (TPSA) is 121 Å². The van der Waals surface area contributed by atoms with Gasteiger partial charge in [0.25, 0.3) is 0 Å². The number of nitriles is 1. The predicted molar refractivity (Wildman–Crippen MR) is 120 cm³/mol. The van der Waals surface area contributed by atoms with E-state index in [1.807, 2.05) is 23.9 Å². The predicted octanol–water partition coefficient (Wildman–Crippen LogP) is 3.23. The van der Waals surface area contributed by atoms with Crippen molar-refractivity contribution < 1.29 is 9.47 Å². The van der Waals surface area contributed by atoms with Gasteiger partial charge in [0.1, 0.15) is 30.0 Å². The number of ether oxygens (including phenoxy) is 2. The zero-order chi connectivity index (χ0) is 21.6. The summed E-state index contributed by atoms with van der Waals surface area (Å²) < 4.78 is 11.7. The van der Waals surface area contributed by atoms with Crippen molar-refractivity contribution >= 4 is 35.0 Å². The number of methoxy groups -OCH3 is 1. The first-order valence-corrected chi connectivity index (χ1v) is 11.0. The molecular formula is C20H20ClN7O2S. The van der Waals surface area contributed by atoms with Crippen LogP contribution in [0.5, 0.6) is 11.5 Å². The number of aromatic amines is 1. The summed E-state index contributed by atoms with van der Waals surface area (Å²) in [6, 6.07) is 7.27. The normalized spacial score (nSPS) is 15.8. The molecule has 11 heteroatoms. The second kappa shape index (κ2) is 9.87. The molecule has 3 heterocycles. The molecule has 1 atom stereocenters. The molecule has 160 valence electrons. The van der Waals surface area contributed by atoms with Crippen molar-refractivity contribution in [2.24, 2.45) is 0 Å². The SMILES string of the molecule is COc1cc(Cl)cc(OC[C@@H]2CNCCS2)c1-c1cc(Nc2cnc(C#N)cn2)n[nH]1. The quantitative estimate of drug-likeness (QED) is 0.490.